The Morgan fingerprint density at radius 2 is 1.88 bits per heavy atom. The third kappa shape index (κ3) is 1.69. The Kier molecular flexibility index (Phi) is 2.18. The Bertz CT molecular complexity index is 686. The summed E-state index contributed by atoms with van der Waals surface area (Å²) < 4.78 is 15.5. The Morgan fingerprint density at radius 3 is 2.71 bits per heavy atom. The first-order valence-corrected chi connectivity index (χ1v) is 5.44. The number of imidazole rings is 1. The average molecular weight is 226 g/mol. The minimum Gasteiger partial charge on any atom is -0.306 e. The molecule has 0 fully saturated rings. The molecule has 2 nitrogen and oxygen atoms in total. The SMILES string of the molecule is Cc1ccc2nc(-c3ccccc3F)cn2c1. The average Bonchev–Trinajstić information content (AvgIpc) is 2.72. The van der Waals surface area contributed by atoms with Crippen molar-refractivity contribution in [2.75, 3.05) is 0 Å². The standard InChI is InChI=1S/C14H11FN2/c1-10-6-7-14-16-13(9-17(14)8-10)11-4-2-3-5-12(11)15/h2-9H,1H3. The van der Waals surface area contributed by atoms with Crippen molar-refractivity contribution in [1.29, 1.82) is 0 Å². The predicted octanol–water partition coefficient (Wildman–Crippen LogP) is 3.45. The van der Waals surface area contributed by atoms with Crippen molar-refractivity contribution in [3.05, 3.63) is 60.2 Å². The summed E-state index contributed by atoms with van der Waals surface area (Å²) in [7, 11) is 0. The van der Waals surface area contributed by atoms with Crippen molar-refractivity contribution in [3.63, 3.8) is 0 Å². The zero-order chi connectivity index (χ0) is 11.8. The number of rotatable bonds is 1. The van der Waals surface area contributed by atoms with E-state index in [0.717, 1.165) is 11.2 Å². The molecule has 2 heterocycles. The maximum absolute atomic E-state index is 13.6. The van der Waals surface area contributed by atoms with Gasteiger partial charge in [-0.05, 0) is 30.7 Å². The Morgan fingerprint density at radius 1 is 1.06 bits per heavy atom. The highest BCUT2D eigenvalue weighted by Crippen LogP contribution is 2.22. The van der Waals surface area contributed by atoms with Crippen LogP contribution >= 0.6 is 0 Å². The number of aryl methyl sites for hydroxylation is 1. The fourth-order valence-electron chi connectivity index (χ4n) is 1.90. The van der Waals surface area contributed by atoms with Crippen LogP contribution in [0.25, 0.3) is 16.9 Å². The maximum atomic E-state index is 13.6. The van der Waals surface area contributed by atoms with Gasteiger partial charge in [-0.2, -0.15) is 0 Å². The summed E-state index contributed by atoms with van der Waals surface area (Å²) in [5.74, 6) is -0.243. The lowest BCUT2D eigenvalue weighted by molar-refractivity contribution is 0.631. The monoisotopic (exact) mass is 226 g/mol. The van der Waals surface area contributed by atoms with Crippen molar-refractivity contribution >= 4 is 5.65 Å². The second-order valence-corrected chi connectivity index (χ2v) is 4.08. The summed E-state index contributed by atoms with van der Waals surface area (Å²) >= 11 is 0. The molecular formula is C14H11FN2. The molecule has 84 valence electrons. The molecule has 0 amide bonds. The van der Waals surface area contributed by atoms with Crippen LogP contribution in [0.3, 0.4) is 0 Å². The Labute approximate surface area is 98.4 Å². The van der Waals surface area contributed by atoms with Gasteiger partial charge in [-0.25, -0.2) is 9.37 Å². The van der Waals surface area contributed by atoms with E-state index >= 15 is 0 Å². The third-order valence-electron chi connectivity index (χ3n) is 2.75. The summed E-state index contributed by atoms with van der Waals surface area (Å²) in [6.07, 6.45) is 3.83. The molecule has 3 heteroatoms. The number of pyridine rings is 1. The van der Waals surface area contributed by atoms with Gasteiger partial charge >= 0.3 is 0 Å². The molecular weight excluding hydrogens is 215 g/mol. The van der Waals surface area contributed by atoms with Crippen LogP contribution in [0.1, 0.15) is 5.56 Å². The normalized spacial score (nSPS) is 10.9. The van der Waals surface area contributed by atoms with Gasteiger partial charge in [0.25, 0.3) is 0 Å². The fourth-order valence-corrected chi connectivity index (χ4v) is 1.90. The van der Waals surface area contributed by atoms with Crippen molar-refractivity contribution < 1.29 is 4.39 Å². The van der Waals surface area contributed by atoms with Gasteiger partial charge in [0.05, 0.1) is 5.69 Å². The lowest BCUT2D eigenvalue weighted by Gasteiger charge is -1.96. The molecule has 0 radical (unpaired) electrons. The van der Waals surface area contributed by atoms with E-state index in [0.29, 0.717) is 11.3 Å². The van der Waals surface area contributed by atoms with Crippen molar-refractivity contribution in [3.8, 4) is 11.3 Å². The molecule has 0 saturated carbocycles. The molecule has 0 atom stereocenters. The number of hydrogen-bond donors (Lipinski definition) is 0. The summed E-state index contributed by atoms with van der Waals surface area (Å²) in [4.78, 5) is 4.41. The minimum absolute atomic E-state index is 0.243. The van der Waals surface area contributed by atoms with Crippen molar-refractivity contribution in [1.82, 2.24) is 9.38 Å². The Hall–Kier alpha value is -2.16. The fraction of sp³-hybridized carbons (Fsp3) is 0.0714. The van der Waals surface area contributed by atoms with Gasteiger partial charge in [-0.1, -0.05) is 18.2 Å². The van der Waals surface area contributed by atoms with E-state index in [1.807, 2.05) is 41.9 Å². The van der Waals surface area contributed by atoms with Gasteiger partial charge in [-0.15, -0.1) is 0 Å². The minimum atomic E-state index is -0.243. The maximum Gasteiger partial charge on any atom is 0.137 e. The first-order valence-electron chi connectivity index (χ1n) is 5.44. The van der Waals surface area contributed by atoms with Gasteiger partial charge in [0.15, 0.2) is 0 Å². The molecule has 0 aliphatic rings. The largest absolute Gasteiger partial charge is 0.306 e. The van der Waals surface area contributed by atoms with Gasteiger partial charge in [0.2, 0.25) is 0 Å². The molecule has 3 rings (SSSR count). The van der Waals surface area contributed by atoms with Gasteiger partial charge < -0.3 is 4.40 Å². The van der Waals surface area contributed by atoms with Gasteiger partial charge in [-0.3, -0.25) is 0 Å². The molecule has 0 unspecified atom stereocenters. The van der Waals surface area contributed by atoms with E-state index in [1.54, 1.807) is 12.1 Å². The van der Waals surface area contributed by atoms with Crippen LogP contribution in [0.4, 0.5) is 4.39 Å². The molecule has 0 aliphatic heterocycles. The number of fused-ring (bicyclic) bond motifs is 1. The van der Waals surface area contributed by atoms with Crippen LogP contribution < -0.4 is 0 Å². The summed E-state index contributed by atoms with van der Waals surface area (Å²) in [5, 5.41) is 0. The quantitative estimate of drug-likeness (QED) is 0.621. The van der Waals surface area contributed by atoms with E-state index in [1.165, 1.54) is 6.07 Å². The number of aromatic nitrogens is 2. The van der Waals surface area contributed by atoms with E-state index in [4.69, 9.17) is 0 Å². The predicted molar refractivity (Wildman–Crippen MR) is 65.3 cm³/mol. The van der Waals surface area contributed by atoms with E-state index in [2.05, 4.69) is 4.98 Å². The van der Waals surface area contributed by atoms with Crippen LogP contribution in [0.2, 0.25) is 0 Å². The number of halogens is 1. The lowest BCUT2D eigenvalue weighted by Crippen LogP contribution is -1.82. The zero-order valence-corrected chi connectivity index (χ0v) is 9.39. The smallest absolute Gasteiger partial charge is 0.137 e. The van der Waals surface area contributed by atoms with Crippen LogP contribution in [0.15, 0.2) is 48.8 Å². The summed E-state index contributed by atoms with van der Waals surface area (Å²) in [6.45, 7) is 2.02. The molecule has 0 spiro atoms. The first kappa shape index (κ1) is 10.0. The molecule has 2 aromatic heterocycles. The molecule has 0 aliphatic carbocycles. The zero-order valence-electron chi connectivity index (χ0n) is 9.39. The van der Waals surface area contributed by atoms with Crippen molar-refractivity contribution in [2.45, 2.75) is 6.92 Å². The highest BCUT2D eigenvalue weighted by molar-refractivity contribution is 5.63. The molecule has 0 saturated heterocycles. The van der Waals surface area contributed by atoms with Crippen LogP contribution in [-0.4, -0.2) is 9.38 Å². The van der Waals surface area contributed by atoms with E-state index < -0.39 is 0 Å². The third-order valence-corrected chi connectivity index (χ3v) is 2.75. The summed E-state index contributed by atoms with van der Waals surface area (Å²) in [5.41, 5.74) is 3.17. The first-order chi connectivity index (χ1) is 8.24. The number of benzene rings is 1. The van der Waals surface area contributed by atoms with E-state index in [-0.39, 0.29) is 5.82 Å². The van der Waals surface area contributed by atoms with E-state index in [9.17, 15) is 4.39 Å². The number of hydrogen-bond acceptors (Lipinski definition) is 1. The molecule has 0 bridgehead atoms. The number of nitrogens with zero attached hydrogens (tertiary/aromatic N) is 2. The summed E-state index contributed by atoms with van der Waals surface area (Å²) in [6, 6.07) is 10.6. The second-order valence-electron chi connectivity index (χ2n) is 4.08. The van der Waals surface area contributed by atoms with Gasteiger partial charge in [0, 0.05) is 18.0 Å². The molecule has 0 N–H and O–H groups in total. The van der Waals surface area contributed by atoms with Crippen molar-refractivity contribution in [2.24, 2.45) is 0 Å². The lowest BCUT2D eigenvalue weighted by atomic mass is 10.1. The van der Waals surface area contributed by atoms with Gasteiger partial charge in [0.1, 0.15) is 11.5 Å². The molecule has 17 heavy (non-hydrogen) atoms. The molecule has 3 aromatic rings. The second kappa shape index (κ2) is 3.70. The van der Waals surface area contributed by atoms with Crippen LogP contribution in [0, 0.1) is 12.7 Å². The Balaban J connectivity index is 2.22. The topological polar surface area (TPSA) is 17.3 Å². The van der Waals surface area contributed by atoms with Crippen LogP contribution in [-0.2, 0) is 0 Å². The molecule has 1 aromatic carbocycles. The highest BCUT2D eigenvalue weighted by atomic mass is 19.1. The van der Waals surface area contributed by atoms with Crippen LogP contribution in [0.5, 0.6) is 0 Å². The highest BCUT2D eigenvalue weighted by Gasteiger charge is 2.08.